The van der Waals surface area contributed by atoms with E-state index in [1.165, 1.54) is 12.1 Å². The van der Waals surface area contributed by atoms with Crippen molar-refractivity contribution in [1.82, 2.24) is 10.3 Å². The normalized spacial score (nSPS) is 11.2. The summed E-state index contributed by atoms with van der Waals surface area (Å²) in [5, 5.41) is 16.0. The fraction of sp³-hybridized carbons (Fsp3) is 0.333. The Labute approximate surface area is 140 Å². The summed E-state index contributed by atoms with van der Waals surface area (Å²) in [7, 11) is 0. The largest absolute Gasteiger partial charge is 0.388 e. The Bertz CT molecular complexity index is 702. The van der Waals surface area contributed by atoms with Crippen molar-refractivity contribution in [2.24, 2.45) is 0 Å². The molecule has 0 atom stereocenters. The van der Waals surface area contributed by atoms with Crippen molar-refractivity contribution < 1.29 is 14.3 Å². The van der Waals surface area contributed by atoms with E-state index in [9.17, 15) is 14.3 Å². The second-order valence-electron chi connectivity index (χ2n) is 5.65. The summed E-state index contributed by atoms with van der Waals surface area (Å²) < 4.78 is 13.3. The molecule has 1 aromatic carbocycles. The lowest BCUT2D eigenvalue weighted by Gasteiger charge is -2.25. The van der Waals surface area contributed by atoms with Crippen LogP contribution in [0.3, 0.4) is 0 Å². The summed E-state index contributed by atoms with van der Waals surface area (Å²) in [5.74, 6) is -0.391. The number of hydrogen-bond acceptors (Lipinski definition) is 4. The van der Waals surface area contributed by atoms with Crippen molar-refractivity contribution >= 4 is 17.4 Å². The fourth-order valence-corrected chi connectivity index (χ4v) is 2.23. The number of anilines is 2. The van der Waals surface area contributed by atoms with Gasteiger partial charge >= 0.3 is 0 Å². The molecular weight excluding hydrogens is 309 g/mol. The summed E-state index contributed by atoms with van der Waals surface area (Å²) in [6.45, 7) is 3.90. The van der Waals surface area contributed by atoms with Gasteiger partial charge in [-0.05, 0) is 43.2 Å². The zero-order valence-electron chi connectivity index (χ0n) is 13.8. The lowest BCUT2D eigenvalue weighted by molar-refractivity contribution is 0.0314. The van der Waals surface area contributed by atoms with Crippen molar-refractivity contribution in [2.45, 2.75) is 32.3 Å². The molecule has 0 saturated heterocycles. The Morgan fingerprint density at radius 3 is 2.67 bits per heavy atom. The van der Waals surface area contributed by atoms with Crippen LogP contribution in [0.25, 0.3) is 0 Å². The molecule has 1 aromatic heterocycles. The van der Waals surface area contributed by atoms with Gasteiger partial charge in [0.2, 0.25) is 0 Å². The summed E-state index contributed by atoms with van der Waals surface area (Å²) in [5.41, 5.74) is -0.0914. The topological polar surface area (TPSA) is 74.2 Å². The molecule has 1 heterocycles. The fourth-order valence-electron chi connectivity index (χ4n) is 2.23. The number of carbonyl (C=O) groups excluding carboxylic acids is 1. The first kappa shape index (κ1) is 17.9. The third-order valence-corrected chi connectivity index (χ3v) is 4.03. The Kier molecular flexibility index (Phi) is 5.87. The Balaban J connectivity index is 2.14. The molecule has 24 heavy (non-hydrogen) atoms. The van der Waals surface area contributed by atoms with Crippen molar-refractivity contribution in [3.8, 4) is 0 Å². The molecule has 0 aliphatic carbocycles. The Morgan fingerprint density at radius 1 is 1.25 bits per heavy atom. The molecule has 0 radical (unpaired) electrons. The number of hydrogen-bond donors (Lipinski definition) is 3. The minimum absolute atomic E-state index is 0.160. The maximum absolute atomic E-state index is 13.3. The van der Waals surface area contributed by atoms with E-state index in [1.54, 1.807) is 30.5 Å². The molecule has 2 aromatic rings. The minimum atomic E-state index is -0.923. The van der Waals surface area contributed by atoms with Crippen LogP contribution in [0.15, 0.2) is 42.6 Å². The zero-order chi connectivity index (χ0) is 17.6. The van der Waals surface area contributed by atoms with Gasteiger partial charge in [0.05, 0.1) is 11.2 Å². The number of aromatic nitrogens is 1. The Hall–Kier alpha value is -2.47. The number of amides is 1. The maximum Gasteiger partial charge on any atom is 0.255 e. The Morgan fingerprint density at radius 2 is 2.00 bits per heavy atom. The van der Waals surface area contributed by atoms with Crippen LogP contribution in [0.5, 0.6) is 0 Å². The van der Waals surface area contributed by atoms with Crippen LogP contribution in [-0.2, 0) is 0 Å². The molecule has 0 unspecified atom stereocenters. The molecule has 6 heteroatoms. The number of benzene rings is 1. The van der Waals surface area contributed by atoms with Crippen molar-refractivity contribution in [3.05, 3.63) is 54.0 Å². The van der Waals surface area contributed by atoms with Crippen LogP contribution < -0.4 is 10.6 Å². The van der Waals surface area contributed by atoms with Gasteiger partial charge in [-0.15, -0.1) is 0 Å². The van der Waals surface area contributed by atoms with Crippen molar-refractivity contribution in [1.29, 1.82) is 0 Å². The van der Waals surface area contributed by atoms with E-state index in [0.29, 0.717) is 29.9 Å². The summed E-state index contributed by atoms with van der Waals surface area (Å²) in [6.07, 6.45) is 2.64. The average Bonchev–Trinajstić information content (AvgIpc) is 2.60. The van der Waals surface area contributed by atoms with Gasteiger partial charge in [0.15, 0.2) is 0 Å². The van der Waals surface area contributed by atoms with E-state index < -0.39 is 5.60 Å². The van der Waals surface area contributed by atoms with Gasteiger partial charge in [0.25, 0.3) is 5.91 Å². The smallest absolute Gasteiger partial charge is 0.255 e. The first-order valence-electron chi connectivity index (χ1n) is 7.95. The van der Waals surface area contributed by atoms with Crippen LogP contribution in [0, 0.1) is 5.82 Å². The lowest BCUT2D eigenvalue weighted by atomic mass is 9.97. The number of halogens is 1. The highest BCUT2D eigenvalue weighted by atomic mass is 19.1. The van der Waals surface area contributed by atoms with E-state index in [1.807, 2.05) is 13.8 Å². The zero-order valence-corrected chi connectivity index (χ0v) is 13.8. The van der Waals surface area contributed by atoms with Crippen LogP contribution in [0.1, 0.15) is 37.0 Å². The van der Waals surface area contributed by atoms with Crippen LogP contribution in [0.2, 0.25) is 0 Å². The number of pyridine rings is 1. The van der Waals surface area contributed by atoms with E-state index in [-0.39, 0.29) is 18.3 Å². The molecule has 1 amide bonds. The molecule has 128 valence electrons. The summed E-state index contributed by atoms with van der Waals surface area (Å²) in [6, 6.07) is 9.20. The first-order chi connectivity index (χ1) is 11.5. The third-order valence-electron chi connectivity index (χ3n) is 4.03. The van der Waals surface area contributed by atoms with E-state index in [0.717, 1.165) is 0 Å². The van der Waals surface area contributed by atoms with Crippen LogP contribution >= 0.6 is 0 Å². The third kappa shape index (κ3) is 4.52. The van der Waals surface area contributed by atoms with E-state index in [2.05, 4.69) is 15.6 Å². The number of nitrogens with zero attached hydrogens (tertiary/aromatic N) is 1. The molecule has 0 saturated carbocycles. The van der Waals surface area contributed by atoms with Gasteiger partial charge in [-0.1, -0.05) is 19.9 Å². The van der Waals surface area contributed by atoms with Gasteiger partial charge in [-0.3, -0.25) is 4.79 Å². The SMILES string of the molecule is CCC(O)(CC)CNC(=O)c1cccnc1Nc1cccc(F)c1. The molecule has 3 N–H and O–H groups in total. The van der Waals surface area contributed by atoms with E-state index >= 15 is 0 Å². The number of rotatable bonds is 7. The molecule has 0 spiro atoms. The summed E-state index contributed by atoms with van der Waals surface area (Å²) >= 11 is 0. The predicted molar refractivity (Wildman–Crippen MR) is 91.8 cm³/mol. The molecule has 2 rings (SSSR count). The maximum atomic E-state index is 13.3. The quantitative estimate of drug-likeness (QED) is 0.728. The lowest BCUT2D eigenvalue weighted by Crippen LogP contribution is -2.42. The number of aliphatic hydroxyl groups is 1. The second kappa shape index (κ2) is 7.88. The molecule has 0 aliphatic rings. The van der Waals surface area contributed by atoms with Gasteiger partial charge in [-0.25, -0.2) is 9.37 Å². The minimum Gasteiger partial charge on any atom is -0.388 e. The van der Waals surface area contributed by atoms with Gasteiger partial charge < -0.3 is 15.7 Å². The van der Waals surface area contributed by atoms with Crippen molar-refractivity contribution in [2.75, 3.05) is 11.9 Å². The molecule has 0 fully saturated rings. The highest BCUT2D eigenvalue weighted by Gasteiger charge is 2.23. The average molecular weight is 331 g/mol. The highest BCUT2D eigenvalue weighted by molar-refractivity contribution is 5.99. The second-order valence-corrected chi connectivity index (χ2v) is 5.65. The van der Waals surface area contributed by atoms with Crippen LogP contribution in [-0.4, -0.2) is 28.1 Å². The molecule has 5 nitrogen and oxygen atoms in total. The highest BCUT2D eigenvalue weighted by Crippen LogP contribution is 2.20. The van der Waals surface area contributed by atoms with Gasteiger partial charge in [0, 0.05) is 18.4 Å². The van der Waals surface area contributed by atoms with E-state index in [4.69, 9.17) is 0 Å². The monoisotopic (exact) mass is 331 g/mol. The number of carbonyl (C=O) groups is 1. The molecule has 0 bridgehead atoms. The summed E-state index contributed by atoms with van der Waals surface area (Å²) in [4.78, 5) is 16.6. The predicted octanol–water partition coefficient (Wildman–Crippen LogP) is 3.25. The van der Waals surface area contributed by atoms with Gasteiger partial charge in [0.1, 0.15) is 11.6 Å². The molecular formula is C18H22FN3O2. The standard InChI is InChI=1S/C18H22FN3O2/c1-3-18(24,4-2)12-21-17(23)15-9-6-10-20-16(15)22-14-8-5-7-13(19)11-14/h5-11,24H,3-4,12H2,1-2H3,(H,20,22)(H,21,23). The molecule has 0 aliphatic heterocycles. The van der Waals surface area contributed by atoms with Crippen molar-refractivity contribution in [3.63, 3.8) is 0 Å². The first-order valence-corrected chi connectivity index (χ1v) is 7.95. The van der Waals surface area contributed by atoms with Gasteiger partial charge in [-0.2, -0.15) is 0 Å². The van der Waals surface area contributed by atoms with Crippen LogP contribution in [0.4, 0.5) is 15.9 Å². The number of nitrogens with one attached hydrogen (secondary N) is 2.